The van der Waals surface area contributed by atoms with Crippen LogP contribution in [0, 0.1) is 11.3 Å². The van der Waals surface area contributed by atoms with Gasteiger partial charge in [0, 0.05) is 6.08 Å². The lowest BCUT2D eigenvalue weighted by Crippen LogP contribution is -2.40. The lowest BCUT2D eigenvalue weighted by molar-refractivity contribution is -0.141. The first-order valence-corrected chi connectivity index (χ1v) is 7.66. The highest BCUT2D eigenvalue weighted by Crippen LogP contribution is 2.05. The minimum atomic E-state index is -1.04. The van der Waals surface area contributed by atoms with Crippen LogP contribution in [0.15, 0.2) is 30.3 Å². The van der Waals surface area contributed by atoms with Gasteiger partial charge in [-0.3, -0.25) is 4.79 Å². The molecule has 0 saturated carbocycles. The maximum absolute atomic E-state index is 11.7. The highest BCUT2D eigenvalue weighted by Gasteiger charge is 2.17. The Bertz CT molecular complexity index is 561. The molecule has 6 heteroatoms. The van der Waals surface area contributed by atoms with E-state index in [9.17, 15) is 9.59 Å². The van der Waals surface area contributed by atoms with Gasteiger partial charge < -0.3 is 10.4 Å². The number of nitrogens with one attached hydrogen (secondary N) is 1. The molecule has 0 aliphatic rings. The number of hydrogen-bond donors (Lipinski definition) is 2. The van der Waals surface area contributed by atoms with Gasteiger partial charge in [0.1, 0.15) is 6.04 Å². The van der Waals surface area contributed by atoms with E-state index in [-0.39, 0.29) is 0 Å². The van der Waals surface area contributed by atoms with Crippen LogP contribution in [0.3, 0.4) is 0 Å². The first kappa shape index (κ1) is 16.8. The molecule has 0 fully saturated rings. The van der Waals surface area contributed by atoms with Gasteiger partial charge in [0.25, 0.3) is 0 Å². The zero-order chi connectivity index (χ0) is 15.7. The van der Waals surface area contributed by atoms with Crippen LogP contribution < -0.4 is 5.32 Å². The Kier molecular flexibility index (Phi) is 7.05. The number of carbonyl (C=O) groups excluding carboxylic acids is 1. The topological polar surface area (TPSA) is 90.2 Å². The van der Waals surface area contributed by atoms with E-state index in [1.165, 1.54) is 17.8 Å². The molecule has 1 amide bonds. The van der Waals surface area contributed by atoms with Crippen molar-refractivity contribution in [2.24, 2.45) is 0 Å². The Morgan fingerprint density at radius 3 is 2.62 bits per heavy atom. The van der Waals surface area contributed by atoms with E-state index in [1.54, 1.807) is 30.3 Å². The van der Waals surface area contributed by atoms with Crippen molar-refractivity contribution in [2.75, 3.05) is 12.0 Å². The van der Waals surface area contributed by atoms with E-state index < -0.39 is 17.9 Å². The summed E-state index contributed by atoms with van der Waals surface area (Å²) in [5, 5.41) is 20.1. The summed E-state index contributed by atoms with van der Waals surface area (Å²) in [6.45, 7) is 0. The summed E-state index contributed by atoms with van der Waals surface area (Å²) in [4.78, 5) is 22.7. The fraction of sp³-hybridized carbons (Fsp3) is 0.267. The van der Waals surface area contributed by atoms with Crippen LogP contribution in [0.25, 0.3) is 6.08 Å². The van der Waals surface area contributed by atoms with E-state index in [4.69, 9.17) is 10.4 Å². The summed E-state index contributed by atoms with van der Waals surface area (Å²) in [5.74, 6) is -0.826. The van der Waals surface area contributed by atoms with Crippen molar-refractivity contribution < 1.29 is 14.7 Å². The number of thioether (sulfide) groups is 1. The molecule has 21 heavy (non-hydrogen) atoms. The van der Waals surface area contributed by atoms with Crippen LogP contribution >= 0.6 is 11.8 Å². The van der Waals surface area contributed by atoms with Crippen LogP contribution in [0.1, 0.15) is 17.5 Å². The number of carbonyl (C=O) groups is 2. The highest BCUT2D eigenvalue weighted by molar-refractivity contribution is 7.98. The molecule has 2 N–H and O–H groups in total. The summed E-state index contributed by atoms with van der Waals surface area (Å²) >= 11 is 1.53. The van der Waals surface area contributed by atoms with Gasteiger partial charge in [-0.05, 0) is 42.2 Å². The van der Waals surface area contributed by atoms with Gasteiger partial charge in [-0.25, -0.2) is 4.79 Å². The number of carboxylic acid groups (broad SMARTS) is 1. The normalized spacial score (nSPS) is 11.8. The van der Waals surface area contributed by atoms with Crippen LogP contribution in [-0.4, -0.2) is 35.0 Å². The maximum atomic E-state index is 11.7. The molecule has 0 aliphatic heterocycles. The molecule has 0 aromatic heterocycles. The number of aliphatic carboxylic acids is 1. The van der Waals surface area contributed by atoms with E-state index in [0.29, 0.717) is 17.7 Å². The van der Waals surface area contributed by atoms with Gasteiger partial charge in [0.2, 0.25) is 5.91 Å². The zero-order valence-corrected chi connectivity index (χ0v) is 12.4. The summed E-state index contributed by atoms with van der Waals surface area (Å²) < 4.78 is 0. The smallest absolute Gasteiger partial charge is 0.326 e. The fourth-order valence-corrected chi connectivity index (χ4v) is 2.03. The second-order valence-corrected chi connectivity index (χ2v) is 5.23. The quantitative estimate of drug-likeness (QED) is 0.751. The highest BCUT2D eigenvalue weighted by atomic mass is 32.2. The molecule has 0 saturated heterocycles. The van der Waals surface area contributed by atoms with Gasteiger partial charge in [-0.2, -0.15) is 17.0 Å². The zero-order valence-electron chi connectivity index (χ0n) is 11.6. The standard InChI is InChI=1S/C15H16N2O3S/c1-21-9-8-13(15(19)20)17-14(18)7-6-11-2-4-12(10-16)5-3-11/h2-7,13H,8-9H2,1H3,(H,17,18)(H,19,20)/b7-6+. The monoisotopic (exact) mass is 304 g/mol. The van der Waals surface area contributed by atoms with Crippen molar-refractivity contribution in [3.63, 3.8) is 0 Å². The molecule has 0 spiro atoms. The Morgan fingerprint density at radius 2 is 2.10 bits per heavy atom. The van der Waals surface area contributed by atoms with Gasteiger partial charge in [-0.15, -0.1) is 0 Å². The molecule has 1 aromatic rings. The lowest BCUT2D eigenvalue weighted by Gasteiger charge is -2.12. The van der Waals surface area contributed by atoms with Gasteiger partial charge in [0.05, 0.1) is 11.6 Å². The van der Waals surface area contributed by atoms with E-state index in [1.807, 2.05) is 12.3 Å². The molecule has 110 valence electrons. The summed E-state index contributed by atoms with van der Waals surface area (Å²) in [5.41, 5.74) is 1.31. The molecule has 0 bridgehead atoms. The van der Waals surface area contributed by atoms with Crippen molar-refractivity contribution in [2.45, 2.75) is 12.5 Å². The average molecular weight is 304 g/mol. The van der Waals surface area contributed by atoms with E-state index in [0.717, 1.165) is 5.56 Å². The minimum Gasteiger partial charge on any atom is -0.480 e. The Labute approximate surface area is 127 Å². The SMILES string of the molecule is CSCCC(NC(=O)/C=C/c1ccc(C#N)cc1)C(=O)O. The Morgan fingerprint density at radius 1 is 1.43 bits per heavy atom. The summed E-state index contributed by atoms with van der Waals surface area (Å²) in [6, 6.07) is 7.85. The molecule has 0 heterocycles. The number of nitrogens with zero attached hydrogens (tertiary/aromatic N) is 1. The van der Waals surface area contributed by atoms with Crippen molar-refractivity contribution in [1.82, 2.24) is 5.32 Å². The lowest BCUT2D eigenvalue weighted by atomic mass is 10.1. The third-order valence-electron chi connectivity index (χ3n) is 2.69. The molecule has 1 unspecified atom stereocenters. The Hall–Kier alpha value is -2.26. The van der Waals surface area contributed by atoms with Gasteiger partial charge in [-0.1, -0.05) is 12.1 Å². The van der Waals surface area contributed by atoms with E-state index >= 15 is 0 Å². The van der Waals surface area contributed by atoms with E-state index in [2.05, 4.69) is 5.32 Å². The van der Waals surface area contributed by atoms with Crippen LogP contribution in [0.4, 0.5) is 0 Å². The van der Waals surface area contributed by atoms with Crippen molar-refractivity contribution in [1.29, 1.82) is 5.26 Å². The van der Waals surface area contributed by atoms with Crippen molar-refractivity contribution >= 4 is 29.7 Å². The third-order valence-corrected chi connectivity index (χ3v) is 3.34. The molecular formula is C15H16N2O3S. The molecule has 1 atom stereocenters. The van der Waals surface area contributed by atoms with Gasteiger partial charge >= 0.3 is 5.97 Å². The van der Waals surface area contributed by atoms with Crippen molar-refractivity contribution in [3.05, 3.63) is 41.5 Å². The predicted octanol–water partition coefficient (Wildman–Crippen LogP) is 1.89. The van der Waals surface area contributed by atoms with Crippen molar-refractivity contribution in [3.8, 4) is 6.07 Å². The number of rotatable bonds is 7. The fourth-order valence-electron chi connectivity index (χ4n) is 1.55. The third kappa shape index (κ3) is 6.15. The second kappa shape index (κ2) is 8.82. The molecule has 1 rings (SSSR count). The van der Waals surface area contributed by atoms with Crippen LogP contribution in [-0.2, 0) is 9.59 Å². The molecular weight excluding hydrogens is 288 g/mol. The molecule has 0 aliphatic carbocycles. The number of nitriles is 1. The number of amides is 1. The maximum Gasteiger partial charge on any atom is 0.326 e. The molecule has 5 nitrogen and oxygen atoms in total. The first-order chi connectivity index (χ1) is 10.1. The summed E-state index contributed by atoms with van der Waals surface area (Å²) in [7, 11) is 0. The Balaban J connectivity index is 2.60. The van der Waals surface area contributed by atoms with Crippen LogP contribution in [0.2, 0.25) is 0 Å². The second-order valence-electron chi connectivity index (χ2n) is 4.25. The largest absolute Gasteiger partial charge is 0.480 e. The predicted molar refractivity (Wildman–Crippen MR) is 82.8 cm³/mol. The van der Waals surface area contributed by atoms with Gasteiger partial charge in [0.15, 0.2) is 0 Å². The number of carboxylic acids is 1. The molecule has 1 aromatic carbocycles. The number of hydrogen-bond acceptors (Lipinski definition) is 4. The minimum absolute atomic E-state index is 0.382. The number of benzene rings is 1. The van der Waals surface area contributed by atoms with Crippen LogP contribution in [0.5, 0.6) is 0 Å². The summed E-state index contributed by atoms with van der Waals surface area (Å²) in [6.07, 6.45) is 5.12. The molecule has 0 radical (unpaired) electrons. The average Bonchev–Trinajstić information content (AvgIpc) is 2.49. The first-order valence-electron chi connectivity index (χ1n) is 6.27.